The largest absolute Gasteiger partial charge is 0.497 e. The summed E-state index contributed by atoms with van der Waals surface area (Å²) in [6.45, 7) is 1.92. The Hall–Kier alpha value is -2.73. The van der Waals surface area contributed by atoms with E-state index in [1.807, 2.05) is 37.3 Å². The zero-order chi connectivity index (χ0) is 16.9. The van der Waals surface area contributed by atoms with E-state index in [1.165, 1.54) is 11.3 Å². The first-order chi connectivity index (χ1) is 11.7. The third kappa shape index (κ3) is 3.78. The second-order valence-electron chi connectivity index (χ2n) is 5.23. The van der Waals surface area contributed by atoms with E-state index in [4.69, 9.17) is 4.74 Å². The summed E-state index contributed by atoms with van der Waals surface area (Å²) >= 11 is 1.52. The van der Waals surface area contributed by atoms with Crippen molar-refractivity contribution >= 4 is 22.9 Å². The molecule has 3 rings (SSSR count). The first-order valence-corrected chi connectivity index (χ1v) is 8.28. The van der Waals surface area contributed by atoms with Gasteiger partial charge >= 0.3 is 0 Å². The van der Waals surface area contributed by atoms with Gasteiger partial charge in [0.05, 0.1) is 19.2 Å². The highest BCUT2D eigenvalue weighted by Crippen LogP contribution is 2.28. The number of aromatic nitrogens is 2. The SMILES string of the molecule is COc1cccc(NC(=O)Cc2sc(-c3cccnc3)nc2C)c1. The summed E-state index contributed by atoms with van der Waals surface area (Å²) in [6, 6.07) is 11.1. The smallest absolute Gasteiger partial charge is 0.229 e. The predicted molar refractivity (Wildman–Crippen MR) is 95.4 cm³/mol. The quantitative estimate of drug-likeness (QED) is 0.770. The van der Waals surface area contributed by atoms with Crippen molar-refractivity contribution < 1.29 is 9.53 Å². The molecule has 0 aliphatic rings. The molecule has 5 nitrogen and oxygen atoms in total. The normalized spacial score (nSPS) is 10.4. The third-order valence-electron chi connectivity index (χ3n) is 3.48. The van der Waals surface area contributed by atoms with E-state index in [-0.39, 0.29) is 5.91 Å². The number of thiazole rings is 1. The van der Waals surface area contributed by atoms with Crippen LogP contribution in [0, 0.1) is 6.92 Å². The third-order valence-corrected chi connectivity index (χ3v) is 4.68. The van der Waals surface area contributed by atoms with E-state index in [2.05, 4.69) is 15.3 Å². The summed E-state index contributed by atoms with van der Waals surface area (Å²) < 4.78 is 5.16. The number of carbonyl (C=O) groups excluding carboxylic acids is 1. The monoisotopic (exact) mass is 339 g/mol. The topological polar surface area (TPSA) is 64.1 Å². The summed E-state index contributed by atoms with van der Waals surface area (Å²) in [7, 11) is 1.60. The van der Waals surface area contributed by atoms with Gasteiger partial charge in [-0.25, -0.2) is 4.98 Å². The number of hydrogen-bond donors (Lipinski definition) is 1. The Bertz CT molecular complexity index is 846. The molecule has 0 bridgehead atoms. The number of ether oxygens (including phenoxy) is 1. The lowest BCUT2D eigenvalue weighted by atomic mass is 10.2. The molecule has 0 fully saturated rings. The van der Waals surface area contributed by atoms with Crippen LogP contribution in [0.2, 0.25) is 0 Å². The second-order valence-corrected chi connectivity index (χ2v) is 6.31. The number of nitrogens with one attached hydrogen (secondary N) is 1. The average molecular weight is 339 g/mol. The van der Waals surface area contributed by atoms with Crippen LogP contribution in [0.15, 0.2) is 48.8 Å². The summed E-state index contributed by atoms with van der Waals surface area (Å²) in [4.78, 5) is 21.9. The molecule has 1 aromatic carbocycles. The van der Waals surface area contributed by atoms with Crippen molar-refractivity contribution in [2.45, 2.75) is 13.3 Å². The molecule has 0 saturated carbocycles. The van der Waals surface area contributed by atoms with Crippen LogP contribution in [0.1, 0.15) is 10.6 Å². The van der Waals surface area contributed by atoms with Crippen molar-refractivity contribution in [3.63, 3.8) is 0 Å². The maximum atomic E-state index is 12.3. The van der Waals surface area contributed by atoms with E-state index in [0.29, 0.717) is 17.9 Å². The fraction of sp³-hybridized carbons (Fsp3) is 0.167. The molecular weight excluding hydrogens is 322 g/mol. The van der Waals surface area contributed by atoms with Gasteiger partial charge in [-0.15, -0.1) is 11.3 Å². The molecule has 1 N–H and O–H groups in total. The molecule has 0 aliphatic carbocycles. The minimum absolute atomic E-state index is 0.0762. The van der Waals surface area contributed by atoms with Crippen molar-refractivity contribution in [2.24, 2.45) is 0 Å². The van der Waals surface area contributed by atoms with Crippen molar-refractivity contribution in [1.29, 1.82) is 0 Å². The molecule has 0 radical (unpaired) electrons. The lowest BCUT2D eigenvalue weighted by molar-refractivity contribution is -0.115. The van der Waals surface area contributed by atoms with Gasteiger partial charge < -0.3 is 10.1 Å². The van der Waals surface area contributed by atoms with Gasteiger partial charge in [-0.05, 0) is 31.2 Å². The molecule has 1 amide bonds. The summed E-state index contributed by atoms with van der Waals surface area (Å²) in [5, 5.41) is 3.77. The maximum absolute atomic E-state index is 12.3. The van der Waals surface area contributed by atoms with Crippen LogP contribution < -0.4 is 10.1 Å². The molecule has 0 aliphatic heterocycles. The van der Waals surface area contributed by atoms with Crippen LogP contribution in [0.4, 0.5) is 5.69 Å². The standard InChI is InChI=1S/C18H17N3O2S/c1-12-16(24-18(20-12)13-5-4-8-19-11-13)10-17(22)21-14-6-3-7-15(9-14)23-2/h3-9,11H,10H2,1-2H3,(H,21,22). The lowest BCUT2D eigenvalue weighted by Gasteiger charge is -2.06. The Morgan fingerprint density at radius 2 is 2.17 bits per heavy atom. The van der Waals surface area contributed by atoms with Crippen LogP contribution in [0.5, 0.6) is 5.75 Å². The molecule has 6 heteroatoms. The van der Waals surface area contributed by atoms with E-state index < -0.39 is 0 Å². The Morgan fingerprint density at radius 3 is 2.92 bits per heavy atom. The predicted octanol–water partition coefficient (Wildman–Crippen LogP) is 3.70. The Balaban J connectivity index is 1.71. The number of methoxy groups -OCH3 is 1. The first kappa shape index (κ1) is 16.1. The van der Waals surface area contributed by atoms with Gasteiger partial charge in [-0.3, -0.25) is 9.78 Å². The number of amides is 1. The van der Waals surface area contributed by atoms with Gasteiger partial charge in [0.15, 0.2) is 0 Å². The molecular formula is C18H17N3O2S. The van der Waals surface area contributed by atoms with E-state index in [1.54, 1.807) is 25.6 Å². The van der Waals surface area contributed by atoms with Crippen LogP contribution in [0.3, 0.4) is 0 Å². The van der Waals surface area contributed by atoms with E-state index in [9.17, 15) is 4.79 Å². The lowest BCUT2D eigenvalue weighted by Crippen LogP contribution is -2.14. The van der Waals surface area contributed by atoms with Crippen LogP contribution in [-0.2, 0) is 11.2 Å². The Labute approximate surface area is 144 Å². The molecule has 24 heavy (non-hydrogen) atoms. The number of benzene rings is 1. The number of hydrogen-bond acceptors (Lipinski definition) is 5. The number of carbonyl (C=O) groups is 1. The van der Waals surface area contributed by atoms with Crippen molar-refractivity contribution in [3.8, 4) is 16.3 Å². The van der Waals surface area contributed by atoms with Crippen molar-refractivity contribution in [2.75, 3.05) is 12.4 Å². The summed E-state index contributed by atoms with van der Waals surface area (Å²) in [5.74, 6) is 0.633. The molecule has 0 spiro atoms. The van der Waals surface area contributed by atoms with Gasteiger partial charge in [0.2, 0.25) is 5.91 Å². The van der Waals surface area contributed by atoms with Crippen molar-refractivity contribution in [1.82, 2.24) is 9.97 Å². The molecule has 2 aromatic heterocycles. The second kappa shape index (κ2) is 7.23. The summed E-state index contributed by atoms with van der Waals surface area (Å²) in [6.07, 6.45) is 3.80. The number of aryl methyl sites for hydroxylation is 1. The van der Waals surface area contributed by atoms with Crippen LogP contribution in [0.25, 0.3) is 10.6 Å². The highest BCUT2D eigenvalue weighted by Gasteiger charge is 2.13. The highest BCUT2D eigenvalue weighted by atomic mass is 32.1. The molecule has 0 saturated heterocycles. The van der Waals surface area contributed by atoms with E-state index >= 15 is 0 Å². The molecule has 0 unspecified atom stereocenters. The number of rotatable bonds is 5. The molecule has 2 heterocycles. The Morgan fingerprint density at radius 1 is 1.29 bits per heavy atom. The molecule has 0 atom stereocenters. The molecule has 122 valence electrons. The minimum atomic E-state index is -0.0762. The minimum Gasteiger partial charge on any atom is -0.497 e. The van der Waals surface area contributed by atoms with Gasteiger partial charge in [0.25, 0.3) is 0 Å². The maximum Gasteiger partial charge on any atom is 0.229 e. The van der Waals surface area contributed by atoms with Gasteiger partial charge in [0, 0.05) is 34.6 Å². The highest BCUT2D eigenvalue weighted by molar-refractivity contribution is 7.15. The fourth-order valence-corrected chi connectivity index (χ4v) is 3.31. The number of anilines is 1. The zero-order valence-corrected chi connectivity index (χ0v) is 14.3. The first-order valence-electron chi connectivity index (χ1n) is 7.46. The number of pyridine rings is 1. The average Bonchev–Trinajstić information content (AvgIpc) is 2.96. The van der Waals surface area contributed by atoms with Crippen LogP contribution in [-0.4, -0.2) is 23.0 Å². The zero-order valence-electron chi connectivity index (χ0n) is 13.4. The van der Waals surface area contributed by atoms with Gasteiger partial charge in [0.1, 0.15) is 10.8 Å². The number of nitrogens with zero attached hydrogens (tertiary/aromatic N) is 2. The molecule has 3 aromatic rings. The summed E-state index contributed by atoms with van der Waals surface area (Å²) in [5.41, 5.74) is 2.55. The van der Waals surface area contributed by atoms with Gasteiger partial charge in [-0.2, -0.15) is 0 Å². The Kier molecular flexibility index (Phi) is 4.86. The van der Waals surface area contributed by atoms with Crippen LogP contribution >= 0.6 is 11.3 Å². The van der Waals surface area contributed by atoms with E-state index in [0.717, 1.165) is 21.1 Å². The fourth-order valence-electron chi connectivity index (χ4n) is 2.26. The van der Waals surface area contributed by atoms with Crippen molar-refractivity contribution in [3.05, 3.63) is 59.4 Å². The van der Waals surface area contributed by atoms with Gasteiger partial charge in [-0.1, -0.05) is 6.07 Å².